The van der Waals surface area contributed by atoms with Crippen molar-refractivity contribution in [1.82, 2.24) is 19.7 Å². The number of benzene rings is 1. The Morgan fingerprint density at radius 2 is 1.64 bits per heavy atom. The van der Waals surface area contributed by atoms with Gasteiger partial charge in [0.2, 0.25) is 5.13 Å². The van der Waals surface area contributed by atoms with Crippen molar-refractivity contribution in [1.29, 1.82) is 0 Å². The number of rotatable bonds is 6. The molecule has 0 unspecified atom stereocenters. The molecule has 0 amide bonds. The Kier molecular flexibility index (Phi) is 6.41. The maximum absolute atomic E-state index is 12.4. The molecule has 0 saturated heterocycles. The molecule has 8 heteroatoms. The summed E-state index contributed by atoms with van der Waals surface area (Å²) in [4.78, 5) is 21.8. The first-order chi connectivity index (χ1) is 15.6. The second-order valence-corrected chi connectivity index (χ2v) is 11.2. The summed E-state index contributed by atoms with van der Waals surface area (Å²) in [5.74, 6) is -1.04. The number of aromatic carboxylic acids is 1. The van der Waals surface area contributed by atoms with Crippen molar-refractivity contribution in [2.24, 2.45) is 0 Å². The van der Waals surface area contributed by atoms with E-state index < -0.39 is 5.97 Å². The van der Waals surface area contributed by atoms with Gasteiger partial charge in [-0.2, -0.15) is 9.78 Å². The Morgan fingerprint density at radius 3 is 2.21 bits per heavy atom. The van der Waals surface area contributed by atoms with Crippen molar-refractivity contribution in [3.63, 3.8) is 0 Å². The van der Waals surface area contributed by atoms with Gasteiger partial charge in [-0.25, -0.2) is 9.78 Å². The first-order valence-electron chi connectivity index (χ1n) is 10.7. The molecule has 0 bridgehead atoms. The molecule has 0 aliphatic rings. The van der Waals surface area contributed by atoms with Crippen LogP contribution in [0.2, 0.25) is 0 Å². The quantitative estimate of drug-likeness (QED) is 0.319. The van der Waals surface area contributed by atoms with Gasteiger partial charge in [0.1, 0.15) is 0 Å². The Bertz CT molecular complexity index is 1320. The fourth-order valence-corrected chi connectivity index (χ4v) is 6.24. The lowest BCUT2D eigenvalue weighted by atomic mass is 10.0. The highest BCUT2D eigenvalue weighted by Crippen LogP contribution is 2.41. The predicted octanol–water partition coefficient (Wildman–Crippen LogP) is 6.49. The average molecular weight is 479 g/mol. The van der Waals surface area contributed by atoms with Gasteiger partial charge in [-0.05, 0) is 45.4 Å². The standard InChI is InChI=1S/C25H26N4O2S2/c1-13(2)32-24-21(18-9-7-14(3)8-10-18)27-25(33-24)29-22(23(30)31)20(17(6)28-29)19-11-15(4)26-16(5)12-19/h7-13H,1-6H3,(H,30,31). The van der Waals surface area contributed by atoms with Crippen LogP contribution in [0.3, 0.4) is 0 Å². The molecule has 3 aromatic heterocycles. The SMILES string of the molecule is Cc1ccc(-c2nc(-n3nc(C)c(-c4cc(C)nc(C)c4)c3C(=O)O)sc2SC(C)C)cc1. The third kappa shape index (κ3) is 4.72. The molecule has 0 aliphatic carbocycles. The van der Waals surface area contributed by atoms with Gasteiger partial charge in [0.25, 0.3) is 0 Å². The summed E-state index contributed by atoms with van der Waals surface area (Å²) >= 11 is 3.20. The molecular formula is C25H26N4O2S2. The topological polar surface area (TPSA) is 80.9 Å². The number of pyridine rings is 1. The van der Waals surface area contributed by atoms with Gasteiger partial charge in [-0.15, -0.1) is 11.8 Å². The minimum atomic E-state index is -1.04. The highest BCUT2D eigenvalue weighted by Gasteiger charge is 2.27. The van der Waals surface area contributed by atoms with Crippen LogP contribution in [-0.2, 0) is 0 Å². The van der Waals surface area contributed by atoms with Crippen molar-refractivity contribution in [3.05, 3.63) is 64.7 Å². The highest BCUT2D eigenvalue weighted by molar-refractivity contribution is 8.01. The van der Waals surface area contributed by atoms with E-state index in [0.29, 0.717) is 21.6 Å². The van der Waals surface area contributed by atoms with Crippen LogP contribution in [0.25, 0.3) is 27.5 Å². The maximum atomic E-state index is 12.4. The van der Waals surface area contributed by atoms with Crippen molar-refractivity contribution in [2.45, 2.75) is 51.0 Å². The fraction of sp³-hybridized carbons (Fsp3) is 0.280. The lowest BCUT2D eigenvalue weighted by Crippen LogP contribution is -2.09. The van der Waals surface area contributed by atoms with Gasteiger partial charge in [-0.3, -0.25) is 4.98 Å². The molecule has 4 aromatic rings. The molecule has 3 heterocycles. The van der Waals surface area contributed by atoms with Crippen LogP contribution in [0, 0.1) is 27.7 Å². The third-order valence-corrected chi connectivity index (χ3v) is 7.31. The van der Waals surface area contributed by atoms with E-state index in [2.05, 4.69) is 55.1 Å². The fourth-order valence-electron chi connectivity index (χ4n) is 3.76. The summed E-state index contributed by atoms with van der Waals surface area (Å²) in [6.45, 7) is 12.0. The lowest BCUT2D eigenvalue weighted by Gasteiger charge is -2.06. The normalized spacial score (nSPS) is 11.4. The van der Waals surface area contributed by atoms with Gasteiger partial charge in [0.15, 0.2) is 5.69 Å². The number of thiazole rings is 1. The van der Waals surface area contributed by atoms with Crippen molar-refractivity contribution < 1.29 is 9.90 Å². The highest BCUT2D eigenvalue weighted by atomic mass is 32.2. The number of thioether (sulfide) groups is 1. The molecule has 33 heavy (non-hydrogen) atoms. The van der Waals surface area contributed by atoms with E-state index >= 15 is 0 Å². The molecular weight excluding hydrogens is 452 g/mol. The van der Waals surface area contributed by atoms with Crippen LogP contribution >= 0.6 is 23.1 Å². The molecule has 6 nitrogen and oxygen atoms in total. The number of carboxylic acids is 1. The number of aromatic nitrogens is 4. The first kappa shape index (κ1) is 23.2. The zero-order chi connectivity index (χ0) is 23.9. The summed E-state index contributed by atoms with van der Waals surface area (Å²) in [6.07, 6.45) is 0. The van der Waals surface area contributed by atoms with E-state index in [1.165, 1.54) is 21.6 Å². The molecule has 4 rings (SSSR count). The minimum absolute atomic E-state index is 0.114. The van der Waals surface area contributed by atoms with Crippen molar-refractivity contribution >= 4 is 29.1 Å². The van der Waals surface area contributed by atoms with E-state index in [0.717, 1.165) is 32.4 Å². The van der Waals surface area contributed by atoms with E-state index in [9.17, 15) is 9.90 Å². The Balaban J connectivity index is 1.92. The van der Waals surface area contributed by atoms with E-state index in [1.54, 1.807) is 11.8 Å². The summed E-state index contributed by atoms with van der Waals surface area (Å²) in [5.41, 5.74) is 6.86. The number of carboxylic acid groups (broad SMARTS) is 1. The summed E-state index contributed by atoms with van der Waals surface area (Å²) < 4.78 is 2.52. The number of carbonyl (C=O) groups is 1. The van der Waals surface area contributed by atoms with Gasteiger partial charge < -0.3 is 5.11 Å². The largest absolute Gasteiger partial charge is 0.476 e. The van der Waals surface area contributed by atoms with E-state index in [-0.39, 0.29) is 5.69 Å². The summed E-state index contributed by atoms with van der Waals surface area (Å²) in [5, 5.41) is 15.7. The number of hydrogen-bond donors (Lipinski definition) is 1. The van der Waals surface area contributed by atoms with Gasteiger partial charge in [0.05, 0.1) is 15.6 Å². The van der Waals surface area contributed by atoms with Crippen LogP contribution in [0.5, 0.6) is 0 Å². The summed E-state index contributed by atoms with van der Waals surface area (Å²) in [6, 6.07) is 12.0. The van der Waals surface area contributed by atoms with Crippen LogP contribution < -0.4 is 0 Å². The maximum Gasteiger partial charge on any atom is 0.355 e. The van der Waals surface area contributed by atoms with Crippen LogP contribution in [0.15, 0.2) is 40.6 Å². The van der Waals surface area contributed by atoms with Gasteiger partial charge in [-0.1, -0.05) is 55.0 Å². The molecule has 170 valence electrons. The first-order valence-corrected chi connectivity index (χ1v) is 12.4. The Morgan fingerprint density at radius 1 is 1.00 bits per heavy atom. The minimum Gasteiger partial charge on any atom is -0.476 e. The molecule has 0 saturated carbocycles. The zero-order valence-electron chi connectivity index (χ0n) is 19.5. The Labute approximate surface area is 201 Å². The van der Waals surface area contributed by atoms with Crippen LogP contribution in [0.1, 0.15) is 47.0 Å². The zero-order valence-corrected chi connectivity index (χ0v) is 21.1. The number of nitrogens with zero attached hydrogens (tertiary/aromatic N) is 4. The van der Waals surface area contributed by atoms with Crippen molar-refractivity contribution in [2.75, 3.05) is 0 Å². The summed E-state index contributed by atoms with van der Waals surface area (Å²) in [7, 11) is 0. The molecule has 0 spiro atoms. The molecule has 1 N–H and O–H groups in total. The average Bonchev–Trinajstić information content (AvgIpc) is 3.28. The van der Waals surface area contributed by atoms with Crippen molar-refractivity contribution in [3.8, 4) is 27.5 Å². The Hall–Kier alpha value is -2.97. The molecule has 1 aromatic carbocycles. The molecule has 0 atom stereocenters. The van der Waals surface area contributed by atoms with Gasteiger partial charge in [0, 0.05) is 27.8 Å². The number of hydrogen-bond acceptors (Lipinski definition) is 6. The second kappa shape index (κ2) is 9.11. The predicted molar refractivity (Wildman–Crippen MR) is 135 cm³/mol. The van der Waals surface area contributed by atoms with Crippen LogP contribution in [-0.4, -0.2) is 36.1 Å². The monoisotopic (exact) mass is 478 g/mol. The molecule has 0 radical (unpaired) electrons. The van der Waals surface area contributed by atoms with E-state index in [4.69, 9.17) is 4.98 Å². The lowest BCUT2D eigenvalue weighted by molar-refractivity contribution is 0.0688. The van der Waals surface area contributed by atoms with Crippen LogP contribution in [0.4, 0.5) is 0 Å². The second-order valence-electron chi connectivity index (χ2n) is 8.33. The van der Waals surface area contributed by atoms with E-state index in [1.807, 2.05) is 32.9 Å². The molecule has 0 aliphatic heterocycles. The van der Waals surface area contributed by atoms with Gasteiger partial charge >= 0.3 is 5.97 Å². The molecule has 0 fully saturated rings. The number of aryl methyl sites for hydroxylation is 4. The third-order valence-electron chi connectivity index (χ3n) is 5.07. The smallest absolute Gasteiger partial charge is 0.355 e.